The molecular formula is C14H23N3O2. The summed E-state index contributed by atoms with van der Waals surface area (Å²) in [7, 11) is 1.86. The summed E-state index contributed by atoms with van der Waals surface area (Å²) >= 11 is 0. The number of likely N-dealkylation sites (N-methyl/N-ethyl adjacent to an activating group) is 1. The number of hydrogen-bond acceptors (Lipinski definition) is 4. The van der Waals surface area contributed by atoms with Gasteiger partial charge in [-0.15, -0.1) is 0 Å². The largest absolute Gasteiger partial charge is 0.492 e. The minimum absolute atomic E-state index is 0.00714. The van der Waals surface area contributed by atoms with Crippen LogP contribution >= 0.6 is 0 Å². The molecule has 106 valence electrons. The van der Waals surface area contributed by atoms with Crippen molar-refractivity contribution >= 4 is 17.3 Å². The number of anilines is 2. The van der Waals surface area contributed by atoms with E-state index in [1.807, 2.05) is 44.9 Å². The molecule has 0 saturated carbocycles. The molecule has 5 heteroatoms. The number of nitrogens with two attached hydrogens (primary N) is 1. The van der Waals surface area contributed by atoms with Gasteiger partial charge in [-0.1, -0.05) is 0 Å². The molecular weight excluding hydrogens is 242 g/mol. The Kier molecular flexibility index (Phi) is 5.48. The van der Waals surface area contributed by atoms with E-state index in [-0.39, 0.29) is 11.9 Å². The van der Waals surface area contributed by atoms with Crippen molar-refractivity contribution < 1.29 is 9.53 Å². The Labute approximate surface area is 114 Å². The van der Waals surface area contributed by atoms with Crippen LogP contribution < -0.4 is 20.7 Å². The van der Waals surface area contributed by atoms with E-state index in [2.05, 4.69) is 5.32 Å². The molecule has 19 heavy (non-hydrogen) atoms. The van der Waals surface area contributed by atoms with E-state index in [1.165, 1.54) is 0 Å². The maximum atomic E-state index is 11.7. The molecule has 0 atom stereocenters. The fourth-order valence-electron chi connectivity index (χ4n) is 1.72. The number of ether oxygens (including phenoxy) is 1. The fourth-order valence-corrected chi connectivity index (χ4v) is 1.72. The van der Waals surface area contributed by atoms with E-state index in [9.17, 15) is 4.79 Å². The van der Waals surface area contributed by atoms with Crippen molar-refractivity contribution in [3.8, 4) is 5.75 Å². The molecule has 1 amide bonds. The highest BCUT2D eigenvalue weighted by molar-refractivity contribution is 5.81. The molecule has 0 bridgehead atoms. The van der Waals surface area contributed by atoms with E-state index in [0.717, 1.165) is 5.69 Å². The Morgan fingerprint density at radius 1 is 1.47 bits per heavy atom. The van der Waals surface area contributed by atoms with Crippen LogP contribution in [-0.2, 0) is 4.79 Å². The molecule has 0 aromatic heterocycles. The van der Waals surface area contributed by atoms with Crippen LogP contribution in [0.1, 0.15) is 20.8 Å². The van der Waals surface area contributed by atoms with Gasteiger partial charge < -0.3 is 20.7 Å². The normalized spacial score (nSPS) is 10.4. The third-order valence-corrected chi connectivity index (χ3v) is 2.57. The smallest absolute Gasteiger partial charge is 0.239 e. The Balaban J connectivity index is 2.73. The molecule has 1 aromatic rings. The molecule has 0 aliphatic heterocycles. The number of rotatable bonds is 6. The number of nitrogens with one attached hydrogen (secondary N) is 1. The van der Waals surface area contributed by atoms with Crippen LogP contribution in [0.25, 0.3) is 0 Å². The van der Waals surface area contributed by atoms with Crippen molar-refractivity contribution in [2.75, 3.05) is 30.8 Å². The van der Waals surface area contributed by atoms with Crippen LogP contribution in [0, 0.1) is 0 Å². The topological polar surface area (TPSA) is 67.6 Å². The summed E-state index contributed by atoms with van der Waals surface area (Å²) in [6, 6.07) is 5.66. The maximum Gasteiger partial charge on any atom is 0.239 e. The predicted molar refractivity (Wildman–Crippen MR) is 78.6 cm³/mol. The molecule has 0 radical (unpaired) electrons. The van der Waals surface area contributed by atoms with Crippen LogP contribution in [0.15, 0.2) is 18.2 Å². The number of carbonyl (C=O) groups excluding carboxylic acids is 1. The maximum absolute atomic E-state index is 11.7. The lowest BCUT2D eigenvalue weighted by Crippen LogP contribution is -2.38. The minimum Gasteiger partial charge on any atom is -0.492 e. The first-order chi connectivity index (χ1) is 8.93. The summed E-state index contributed by atoms with van der Waals surface area (Å²) in [5.74, 6) is 0.642. The van der Waals surface area contributed by atoms with Gasteiger partial charge in [0.05, 0.1) is 18.8 Å². The summed E-state index contributed by atoms with van der Waals surface area (Å²) < 4.78 is 5.44. The molecule has 1 aromatic carbocycles. The quantitative estimate of drug-likeness (QED) is 0.767. The zero-order chi connectivity index (χ0) is 14.4. The second kappa shape index (κ2) is 6.87. The summed E-state index contributed by atoms with van der Waals surface area (Å²) in [4.78, 5) is 13.6. The Morgan fingerprint density at radius 2 is 2.16 bits per heavy atom. The molecule has 0 heterocycles. The van der Waals surface area contributed by atoms with Gasteiger partial charge in [0.15, 0.2) is 0 Å². The Morgan fingerprint density at radius 3 is 2.74 bits per heavy atom. The zero-order valence-electron chi connectivity index (χ0n) is 12.1. The van der Waals surface area contributed by atoms with Gasteiger partial charge in [0.2, 0.25) is 5.91 Å². The predicted octanol–water partition coefficient (Wildman–Crippen LogP) is 1.63. The molecule has 5 nitrogen and oxygen atoms in total. The highest BCUT2D eigenvalue weighted by Gasteiger charge is 2.10. The Bertz CT molecular complexity index is 433. The van der Waals surface area contributed by atoms with E-state index < -0.39 is 0 Å². The van der Waals surface area contributed by atoms with Gasteiger partial charge >= 0.3 is 0 Å². The number of nitrogens with zero attached hydrogens (tertiary/aromatic N) is 1. The highest BCUT2D eigenvalue weighted by Crippen LogP contribution is 2.27. The van der Waals surface area contributed by atoms with Crippen LogP contribution in [0.2, 0.25) is 0 Å². The zero-order valence-corrected chi connectivity index (χ0v) is 12.1. The fraction of sp³-hybridized carbons (Fsp3) is 0.500. The number of nitrogen functional groups attached to an aromatic ring is 1. The Hall–Kier alpha value is -1.91. The molecule has 0 fully saturated rings. The van der Waals surface area contributed by atoms with Crippen LogP contribution in [0.5, 0.6) is 5.75 Å². The third-order valence-electron chi connectivity index (χ3n) is 2.57. The van der Waals surface area contributed by atoms with Gasteiger partial charge in [0.25, 0.3) is 0 Å². The average molecular weight is 265 g/mol. The first kappa shape index (κ1) is 15.1. The second-order valence-corrected chi connectivity index (χ2v) is 4.73. The first-order valence-corrected chi connectivity index (χ1v) is 6.46. The van der Waals surface area contributed by atoms with Crippen LogP contribution in [0.3, 0.4) is 0 Å². The van der Waals surface area contributed by atoms with Crippen molar-refractivity contribution in [2.45, 2.75) is 26.8 Å². The van der Waals surface area contributed by atoms with E-state index in [0.29, 0.717) is 24.6 Å². The third kappa shape index (κ3) is 4.69. The summed E-state index contributed by atoms with van der Waals surface area (Å²) in [6.45, 7) is 6.65. The van der Waals surface area contributed by atoms with Crippen molar-refractivity contribution in [1.29, 1.82) is 0 Å². The van der Waals surface area contributed by atoms with E-state index >= 15 is 0 Å². The molecule has 0 spiro atoms. The monoisotopic (exact) mass is 265 g/mol. The van der Waals surface area contributed by atoms with Crippen LogP contribution in [-0.4, -0.2) is 32.1 Å². The standard InChI is InChI=1S/C14H23N3O2/c1-5-19-13-8-11(6-7-12(13)15)17(4)9-14(18)16-10(2)3/h6-8,10H,5,9,15H2,1-4H3,(H,16,18). The van der Waals surface area contributed by atoms with Crippen molar-refractivity contribution in [3.05, 3.63) is 18.2 Å². The molecule has 0 aliphatic rings. The van der Waals surface area contributed by atoms with Gasteiger partial charge in [-0.05, 0) is 32.9 Å². The van der Waals surface area contributed by atoms with E-state index in [1.54, 1.807) is 6.07 Å². The number of hydrogen-bond donors (Lipinski definition) is 2. The molecule has 0 aliphatic carbocycles. The lowest BCUT2D eigenvalue weighted by Gasteiger charge is -2.21. The minimum atomic E-state index is -0.00714. The second-order valence-electron chi connectivity index (χ2n) is 4.73. The molecule has 0 saturated heterocycles. The number of benzene rings is 1. The van der Waals surface area contributed by atoms with Gasteiger partial charge in [-0.3, -0.25) is 4.79 Å². The first-order valence-electron chi connectivity index (χ1n) is 6.46. The van der Waals surface area contributed by atoms with Gasteiger partial charge in [0.1, 0.15) is 5.75 Å². The summed E-state index contributed by atoms with van der Waals surface area (Å²) in [6.07, 6.45) is 0. The van der Waals surface area contributed by atoms with Gasteiger partial charge in [-0.2, -0.15) is 0 Å². The molecule has 1 rings (SSSR count). The number of amides is 1. The molecule has 0 unspecified atom stereocenters. The van der Waals surface area contributed by atoms with Gasteiger partial charge in [0, 0.05) is 24.8 Å². The van der Waals surface area contributed by atoms with Crippen molar-refractivity contribution in [2.24, 2.45) is 0 Å². The van der Waals surface area contributed by atoms with Crippen LogP contribution in [0.4, 0.5) is 11.4 Å². The highest BCUT2D eigenvalue weighted by atomic mass is 16.5. The van der Waals surface area contributed by atoms with E-state index in [4.69, 9.17) is 10.5 Å². The SMILES string of the molecule is CCOc1cc(N(C)CC(=O)NC(C)C)ccc1N. The lowest BCUT2D eigenvalue weighted by atomic mass is 10.2. The van der Waals surface area contributed by atoms with Crippen molar-refractivity contribution in [1.82, 2.24) is 5.32 Å². The van der Waals surface area contributed by atoms with Gasteiger partial charge in [-0.25, -0.2) is 0 Å². The number of carbonyl (C=O) groups is 1. The molecule has 3 N–H and O–H groups in total. The lowest BCUT2D eigenvalue weighted by molar-refractivity contribution is -0.120. The average Bonchev–Trinajstić information content (AvgIpc) is 2.30. The van der Waals surface area contributed by atoms with Crippen molar-refractivity contribution in [3.63, 3.8) is 0 Å². The summed E-state index contributed by atoms with van der Waals surface area (Å²) in [5.41, 5.74) is 7.32. The summed E-state index contributed by atoms with van der Waals surface area (Å²) in [5, 5.41) is 2.86.